The molecule has 234 valence electrons. The summed E-state index contributed by atoms with van der Waals surface area (Å²) in [7, 11) is 4.97. The first-order valence-electron chi connectivity index (χ1n) is 14.1. The molecule has 12 heteroatoms. The molecular weight excluding hydrogens is 627 g/mol. The Bertz CT molecular complexity index is 1920. The zero-order valence-corrected chi connectivity index (χ0v) is 26.8. The van der Waals surface area contributed by atoms with E-state index in [4.69, 9.17) is 32.7 Å². The third-order valence-electron chi connectivity index (χ3n) is 7.09. The topological polar surface area (TPSA) is 111 Å². The molecule has 0 radical (unpaired) electrons. The number of hydrogen-bond acceptors (Lipinski definition) is 7. The number of para-hydroxylation sites is 1. The number of nitrogens with one attached hydrogen (secondary N) is 1. The predicted octanol–water partition coefficient (Wildman–Crippen LogP) is 6.22. The SMILES string of the molecule is COc1nc2c(OCc3c(Cl)ccc(N(C)C(=O)CNC(=O)/C=C/c4ccc(/C=C/c5ccncc5)nc4)c3Cl)cccc2n1C. The van der Waals surface area contributed by atoms with Crippen LogP contribution in [0.15, 0.2) is 79.3 Å². The van der Waals surface area contributed by atoms with Crippen LogP contribution in [0.3, 0.4) is 0 Å². The van der Waals surface area contributed by atoms with E-state index < -0.39 is 5.91 Å². The lowest BCUT2D eigenvalue weighted by molar-refractivity contribution is -0.122. The number of carbonyl (C=O) groups is 2. The van der Waals surface area contributed by atoms with Gasteiger partial charge < -0.3 is 19.7 Å². The van der Waals surface area contributed by atoms with Crippen molar-refractivity contribution in [3.05, 3.63) is 112 Å². The summed E-state index contributed by atoms with van der Waals surface area (Å²) in [5.74, 6) is -0.283. The first kappa shape index (κ1) is 32.2. The minimum absolute atomic E-state index is 0.0317. The number of ether oxygens (including phenoxy) is 2. The standard InChI is InChI=1S/C34H30Cl2N6O4/c1-41(31(44)20-39-30(43)14-9-23-8-11-24(38-19-23)10-7-22-15-17-37-18-16-22)27-13-12-26(35)25(32(27)36)21-46-29-6-4-5-28-33(29)40-34(45-3)42(28)2/h4-19H,20-21H2,1-3H3,(H,39,43)/b10-7+,14-9+. The molecule has 0 saturated carbocycles. The smallest absolute Gasteiger partial charge is 0.296 e. The lowest BCUT2D eigenvalue weighted by Gasteiger charge is -2.21. The van der Waals surface area contributed by atoms with Crippen LogP contribution in [0, 0.1) is 0 Å². The predicted molar refractivity (Wildman–Crippen MR) is 181 cm³/mol. The largest absolute Gasteiger partial charge is 0.486 e. The Kier molecular flexibility index (Phi) is 10.3. The maximum absolute atomic E-state index is 13.0. The van der Waals surface area contributed by atoms with Gasteiger partial charge in [-0.25, -0.2) is 0 Å². The van der Waals surface area contributed by atoms with E-state index >= 15 is 0 Å². The van der Waals surface area contributed by atoms with E-state index in [9.17, 15) is 9.59 Å². The lowest BCUT2D eigenvalue weighted by atomic mass is 10.2. The van der Waals surface area contributed by atoms with Crippen molar-refractivity contribution in [1.29, 1.82) is 0 Å². The number of fused-ring (bicyclic) bond motifs is 1. The van der Waals surface area contributed by atoms with E-state index in [1.54, 1.807) is 57.0 Å². The maximum atomic E-state index is 13.0. The fourth-order valence-corrected chi connectivity index (χ4v) is 5.12. The van der Waals surface area contributed by atoms with Crippen molar-refractivity contribution in [1.82, 2.24) is 24.8 Å². The number of amides is 2. The second-order valence-corrected chi connectivity index (χ2v) is 10.8. The van der Waals surface area contributed by atoms with Gasteiger partial charge in [0.25, 0.3) is 6.01 Å². The number of anilines is 1. The van der Waals surface area contributed by atoms with Crippen LogP contribution in [0.25, 0.3) is 29.3 Å². The zero-order valence-electron chi connectivity index (χ0n) is 25.3. The van der Waals surface area contributed by atoms with Crippen molar-refractivity contribution in [3.8, 4) is 11.8 Å². The van der Waals surface area contributed by atoms with Crippen LogP contribution < -0.4 is 19.7 Å². The molecule has 0 saturated heterocycles. The third-order valence-corrected chi connectivity index (χ3v) is 7.87. The molecule has 0 atom stereocenters. The molecule has 0 spiro atoms. The summed E-state index contributed by atoms with van der Waals surface area (Å²) in [5.41, 5.74) is 4.91. The summed E-state index contributed by atoms with van der Waals surface area (Å²) in [6.45, 7) is -0.213. The van der Waals surface area contributed by atoms with E-state index in [2.05, 4.69) is 20.3 Å². The Morgan fingerprint density at radius 3 is 2.54 bits per heavy atom. The van der Waals surface area contributed by atoms with Crippen molar-refractivity contribution in [2.24, 2.45) is 7.05 Å². The van der Waals surface area contributed by atoms with Crippen LogP contribution in [0.5, 0.6) is 11.8 Å². The minimum atomic E-state index is -0.431. The van der Waals surface area contributed by atoms with Gasteiger partial charge in [0.2, 0.25) is 11.8 Å². The Morgan fingerprint density at radius 2 is 1.80 bits per heavy atom. The van der Waals surface area contributed by atoms with Gasteiger partial charge in [-0.1, -0.05) is 41.4 Å². The summed E-state index contributed by atoms with van der Waals surface area (Å²) in [5, 5.41) is 3.24. The van der Waals surface area contributed by atoms with Gasteiger partial charge in [0.1, 0.15) is 17.9 Å². The molecule has 2 amide bonds. The van der Waals surface area contributed by atoms with E-state index in [1.165, 1.54) is 11.0 Å². The first-order chi connectivity index (χ1) is 22.2. The van der Waals surface area contributed by atoms with Gasteiger partial charge in [-0.05, 0) is 65.7 Å². The molecule has 5 rings (SSSR count). The number of nitrogens with zero attached hydrogens (tertiary/aromatic N) is 5. The second kappa shape index (κ2) is 14.7. The van der Waals surface area contributed by atoms with Gasteiger partial charge >= 0.3 is 0 Å². The van der Waals surface area contributed by atoms with E-state index in [1.807, 2.05) is 60.2 Å². The summed E-state index contributed by atoms with van der Waals surface area (Å²) in [6.07, 6.45) is 11.9. The van der Waals surface area contributed by atoms with Crippen LogP contribution in [-0.4, -0.2) is 52.0 Å². The van der Waals surface area contributed by atoms with E-state index in [-0.39, 0.29) is 24.1 Å². The number of imidazole rings is 1. The highest BCUT2D eigenvalue weighted by Gasteiger charge is 2.20. The number of methoxy groups -OCH3 is 1. The monoisotopic (exact) mass is 656 g/mol. The number of rotatable bonds is 11. The summed E-state index contributed by atoms with van der Waals surface area (Å²) in [6, 6.07) is 16.8. The number of halogens is 2. The van der Waals surface area contributed by atoms with Crippen molar-refractivity contribution in [2.45, 2.75) is 6.61 Å². The summed E-state index contributed by atoms with van der Waals surface area (Å²) >= 11 is 13.2. The fourth-order valence-electron chi connectivity index (χ4n) is 4.51. The van der Waals surface area contributed by atoms with Crippen LogP contribution in [0.1, 0.15) is 22.4 Å². The number of benzene rings is 2. The number of pyridine rings is 2. The van der Waals surface area contributed by atoms with Crippen LogP contribution >= 0.6 is 23.2 Å². The van der Waals surface area contributed by atoms with Gasteiger partial charge in [-0.2, -0.15) is 4.98 Å². The maximum Gasteiger partial charge on any atom is 0.296 e. The van der Waals surface area contributed by atoms with Crippen LogP contribution in [-0.2, 0) is 23.2 Å². The highest BCUT2D eigenvalue weighted by molar-refractivity contribution is 6.38. The number of carbonyl (C=O) groups excluding carboxylic acids is 2. The molecule has 0 bridgehead atoms. The molecule has 5 aromatic rings. The Balaban J connectivity index is 1.17. The molecular formula is C34H30Cl2N6O4. The molecule has 0 fully saturated rings. The van der Waals surface area contributed by atoms with Gasteiger partial charge in [0.15, 0.2) is 0 Å². The number of hydrogen-bond donors (Lipinski definition) is 1. The molecule has 10 nitrogen and oxygen atoms in total. The minimum Gasteiger partial charge on any atom is -0.486 e. The van der Waals surface area contributed by atoms with Crippen LogP contribution in [0.4, 0.5) is 5.69 Å². The second-order valence-electron chi connectivity index (χ2n) is 10.1. The molecule has 46 heavy (non-hydrogen) atoms. The molecule has 2 aromatic carbocycles. The first-order valence-corrected chi connectivity index (χ1v) is 14.9. The number of aromatic nitrogens is 4. The highest BCUT2D eigenvalue weighted by atomic mass is 35.5. The molecule has 0 aliphatic heterocycles. The van der Waals surface area contributed by atoms with Crippen molar-refractivity contribution < 1.29 is 19.1 Å². The highest BCUT2D eigenvalue weighted by Crippen LogP contribution is 2.35. The molecule has 0 unspecified atom stereocenters. The molecule has 0 aliphatic rings. The Hall–Kier alpha value is -5.19. The van der Waals surface area contributed by atoms with E-state index in [0.29, 0.717) is 33.6 Å². The molecule has 3 heterocycles. The van der Waals surface area contributed by atoms with E-state index in [0.717, 1.165) is 22.3 Å². The summed E-state index contributed by atoms with van der Waals surface area (Å²) < 4.78 is 13.2. The van der Waals surface area contributed by atoms with Crippen molar-refractivity contribution >= 4 is 70.0 Å². The van der Waals surface area contributed by atoms with Gasteiger partial charge in [0.05, 0.1) is 35.6 Å². The van der Waals surface area contributed by atoms with Crippen molar-refractivity contribution in [3.63, 3.8) is 0 Å². The molecule has 1 N–H and O–H groups in total. The average molecular weight is 658 g/mol. The molecule has 0 aliphatic carbocycles. The van der Waals surface area contributed by atoms with Gasteiger partial charge in [-0.15, -0.1) is 0 Å². The number of aryl methyl sites for hydroxylation is 1. The van der Waals surface area contributed by atoms with Gasteiger partial charge in [0, 0.05) is 49.3 Å². The average Bonchev–Trinajstić information content (AvgIpc) is 3.41. The van der Waals surface area contributed by atoms with Crippen molar-refractivity contribution in [2.75, 3.05) is 25.6 Å². The number of likely N-dealkylation sites (N-methyl/N-ethyl adjacent to an activating group) is 1. The van der Waals surface area contributed by atoms with Crippen LogP contribution in [0.2, 0.25) is 10.0 Å². The Labute approximate surface area is 275 Å². The Morgan fingerprint density at radius 1 is 1.00 bits per heavy atom. The lowest BCUT2D eigenvalue weighted by Crippen LogP contribution is -2.37. The van der Waals surface area contributed by atoms with Gasteiger partial charge in [-0.3, -0.25) is 24.1 Å². The fraction of sp³-hybridized carbons (Fsp3) is 0.147. The third kappa shape index (κ3) is 7.53. The normalized spacial score (nSPS) is 11.3. The zero-order chi connectivity index (χ0) is 32.6. The molecule has 3 aromatic heterocycles. The quantitative estimate of drug-likeness (QED) is 0.168. The summed E-state index contributed by atoms with van der Waals surface area (Å²) in [4.78, 5) is 39.7.